The van der Waals surface area contributed by atoms with Gasteiger partial charge in [0, 0.05) is 0 Å². The molecule has 14 heavy (non-hydrogen) atoms. The third-order valence-electron chi connectivity index (χ3n) is 2.14. The third kappa shape index (κ3) is 11.5. The van der Waals surface area contributed by atoms with Crippen molar-refractivity contribution in [3.05, 3.63) is 24.3 Å². The fraction of sp³-hybridized carbons (Fsp3) is 0.714. The molecule has 0 heterocycles. The van der Waals surface area contributed by atoms with Gasteiger partial charge in [0.25, 0.3) is 0 Å². The Morgan fingerprint density at radius 2 is 1.50 bits per heavy atom. The minimum atomic E-state index is 0.492. The molecule has 0 aliphatic carbocycles. The summed E-state index contributed by atoms with van der Waals surface area (Å²) in [6, 6.07) is 0. The van der Waals surface area contributed by atoms with E-state index in [0.29, 0.717) is 5.41 Å². The zero-order valence-corrected chi connectivity index (χ0v) is 10.3. The molecule has 0 bridgehead atoms. The van der Waals surface area contributed by atoms with E-state index in [1.165, 1.54) is 32.1 Å². The van der Waals surface area contributed by atoms with E-state index in [4.69, 9.17) is 0 Å². The Bertz CT molecular complexity index is 167. The second kappa shape index (κ2) is 7.84. The largest absolute Gasteiger partial charge is 0.0846 e. The van der Waals surface area contributed by atoms with Gasteiger partial charge in [-0.25, -0.2) is 0 Å². The molecule has 0 unspecified atom stereocenters. The van der Waals surface area contributed by atoms with E-state index in [9.17, 15) is 0 Å². The number of hydrogen-bond donors (Lipinski definition) is 0. The lowest BCUT2D eigenvalue weighted by Crippen LogP contribution is -2.03. The fourth-order valence-electron chi connectivity index (χ4n) is 1.27. The van der Waals surface area contributed by atoms with Crippen molar-refractivity contribution < 1.29 is 0 Å². The van der Waals surface area contributed by atoms with Crippen LogP contribution in [0.2, 0.25) is 0 Å². The number of allylic oxidation sites excluding steroid dienone is 4. The molecule has 0 aromatic rings. The second-order valence-corrected chi connectivity index (χ2v) is 5.10. The van der Waals surface area contributed by atoms with Gasteiger partial charge < -0.3 is 0 Å². The van der Waals surface area contributed by atoms with E-state index in [0.717, 1.165) is 0 Å². The molecule has 0 atom stereocenters. The van der Waals surface area contributed by atoms with Gasteiger partial charge in [-0.2, -0.15) is 0 Å². The summed E-state index contributed by atoms with van der Waals surface area (Å²) < 4.78 is 0. The lowest BCUT2D eigenvalue weighted by molar-refractivity contribution is 0.367. The van der Waals surface area contributed by atoms with Gasteiger partial charge in [0.15, 0.2) is 0 Å². The molecule has 0 spiro atoms. The molecule has 0 amide bonds. The Balaban J connectivity index is 3.36. The van der Waals surface area contributed by atoms with Crippen LogP contribution in [0.25, 0.3) is 0 Å². The van der Waals surface area contributed by atoms with Crippen molar-refractivity contribution in [2.75, 3.05) is 0 Å². The first-order valence-corrected chi connectivity index (χ1v) is 5.88. The van der Waals surface area contributed by atoms with Crippen LogP contribution in [0.15, 0.2) is 24.3 Å². The predicted octanol–water partition coefficient (Wildman–Crippen LogP) is 5.12. The van der Waals surface area contributed by atoms with Gasteiger partial charge in [0.1, 0.15) is 0 Å². The van der Waals surface area contributed by atoms with E-state index < -0.39 is 0 Å². The Morgan fingerprint density at radius 3 is 2.00 bits per heavy atom. The van der Waals surface area contributed by atoms with Crippen molar-refractivity contribution in [3.8, 4) is 0 Å². The number of hydrogen-bond acceptors (Lipinski definition) is 0. The molecule has 0 N–H and O–H groups in total. The molecule has 0 aromatic carbocycles. The summed E-state index contributed by atoms with van der Waals surface area (Å²) in [5.74, 6) is 0. The molecule has 0 nitrogen and oxygen atoms in total. The Hall–Kier alpha value is -0.520. The minimum Gasteiger partial charge on any atom is -0.0846 e. The molecular formula is C14H26. The Kier molecular flexibility index (Phi) is 7.55. The standard InChI is InChI=1S/C14H26/c1-5-6-7-8-9-10-11-12-13-14(2,3)4/h7-10H,5-6,11-13H2,1-4H3/b8-7+,10-9+. The molecule has 0 saturated carbocycles. The van der Waals surface area contributed by atoms with Crippen LogP contribution >= 0.6 is 0 Å². The molecule has 0 aromatic heterocycles. The third-order valence-corrected chi connectivity index (χ3v) is 2.14. The van der Waals surface area contributed by atoms with Crippen molar-refractivity contribution in [3.63, 3.8) is 0 Å². The highest BCUT2D eigenvalue weighted by Crippen LogP contribution is 2.21. The summed E-state index contributed by atoms with van der Waals surface area (Å²) in [7, 11) is 0. The maximum absolute atomic E-state index is 2.30. The second-order valence-electron chi connectivity index (χ2n) is 5.10. The predicted molar refractivity (Wildman–Crippen MR) is 66.5 cm³/mol. The smallest absolute Gasteiger partial charge is 0.0347 e. The normalized spacial score (nSPS) is 13.1. The quantitative estimate of drug-likeness (QED) is 0.407. The highest BCUT2D eigenvalue weighted by Gasteiger charge is 2.07. The fourth-order valence-corrected chi connectivity index (χ4v) is 1.27. The summed E-state index contributed by atoms with van der Waals surface area (Å²) in [6.45, 7) is 9.12. The maximum atomic E-state index is 2.30. The first-order valence-electron chi connectivity index (χ1n) is 5.88. The zero-order chi connectivity index (χ0) is 10.9. The van der Waals surface area contributed by atoms with Gasteiger partial charge in [-0.15, -0.1) is 0 Å². The van der Waals surface area contributed by atoms with Crippen LogP contribution in [0, 0.1) is 5.41 Å². The molecule has 0 aliphatic heterocycles. The highest BCUT2D eigenvalue weighted by molar-refractivity contribution is 5.02. The van der Waals surface area contributed by atoms with Crippen LogP contribution < -0.4 is 0 Å². The number of unbranched alkanes of at least 4 members (excludes halogenated alkanes) is 2. The van der Waals surface area contributed by atoms with Crippen molar-refractivity contribution in [2.45, 2.75) is 59.8 Å². The van der Waals surface area contributed by atoms with Crippen LogP contribution in [-0.4, -0.2) is 0 Å². The van der Waals surface area contributed by atoms with Gasteiger partial charge in [-0.3, -0.25) is 0 Å². The van der Waals surface area contributed by atoms with E-state index in [-0.39, 0.29) is 0 Å². The Labute approximate surface area is 90.1 Å². The summed E-state index contributed by atoms with van der Waals surface area (Å²) in [5, 5.41) is 0. The molecule has 0 heteroatoms. The van der Waals surface area contributed by atoms with Gasteiger partial charge >= 0.3 is 0 Å². The molecule has 0 radical (unpaired) electrons. The summed E-state index contributed by atoms with van der Waals surface area (Å²) in [6.07, 6.45) is 15.1. The summed E-state index contributed by atoms with van der Waals surface area (Å²) >= 11 is 0. The molecule has 0 saturated heterocycles. The number of rotatable bonds is 6. The highest BCUT2D eigenvalue weighted by atomic mass is 14.1. The van der Waals surface area contributed by atoms with Crippen LogP contribution in [0.5, 0.6) is 0 Å². The van der Waals surface area contributed by atoms with E-state index >= 15 is 0 Å². The van der Waals surface area contributed by atoms with Gasteiger partial charge in [-0.05, 0) is 31.1 Å². The lowest BCUT2D eigenvalue weighted by Gasteiger charge is -2.16. The summed E-state index contributed by atoms with van der Waals surface area (Å²) in [4.78, 5) is 0. The van der Waals surface area contributed by atoms with E-state index in [2.05, 4.69) is 52.0 Å². The lowest BCUT2D eigenvalue weighted by atomic mass is 9.90. The average molecular weight is 194 g/mol. The summed E-state index contributed by atoms with van der Waals surface area (Å²) in [5.41, 5.74) is 0.492. The first-order chi connectivity index (χ1) is 6.56. The van der Waals surface area contributed by atoms with E-state index in [1.54, 1.807) is 0 Å². The van der Waals surface area contributed by atoms with Crippen molar-refractivity contribution in [2.24, 2.45) is 5.41 Å². The zero-order valence-electron chi connectivity index (χ0n) is 10.3. The van der Waals surface area contributed by atoms with Gasteiger partial charge in [0.2, 0.25) is 0 Å². The van der Waals surface area contributed by atoms with E-state index in [1.807, 2.05) is 0 Å². The minimum absolute atomic E-state index is 0.492. The molecule has 0 fully saturated rings. The average Bonchev–Trinajstić information content (AvgIpc) is 2.08. The van der Waals surface area contributed by atoms with Crippen molar-refractivity contribution >= 4 is 0 Å². The van der Waals surface area contributed by atoms with Crippen molar-refractivity contribution in [1.29, 1.82) is 0 Å². The first kappa shape index (κ1) is 13.5. The van der Waals surface area contributed by atoms with Crippen LogP contribution in [0.4, 0.5) is 0 Å². The van der Waals surface area contributed by atoms with Crippen molar-refractivity contribution in [1.82, 2.24) is 0 Å². The maximum Gasteiger partial charge on any atom is -0.0347 e. The monoisotopic (exact) mass is 194 g/mol. The molecular weight excluding hydrogens is 168 g/mol. The van der Waals surface area contributed by atoms with Gasteiger partial charge in [0.05, 0.1) is 0 Å². The molecule has 0 aliphatic rings. The molecule has 0 rings (SSSR count). The van der Waals surface area contributed by atoms with Crippen LogP contribution in [-0.2, 0) is 0 Å². The van der Waals surface area contributed by atoms with Crippen LogP contribution in [0.1, 0.15) is 59.8 Å². The van der Waals surface area contributed by atoms with Crippen LogP contribution in [0.3, 0.4) is 0 Å². The Morgan fingerprint density at radius 1 is 0.929 bits per heavy atom. The van der Waals surface area contributed by atoms with Gasteiger partial charge in [-0.1, -0.05) is 58.4 Å². The SMILES string of the molecule is CCC/C=C/C=C/CCCC(C)(C)C. The topological polar surface area (TPSA) is 0 Å². The molecule has 82 valence electrons.